The number of H-pyrrole nitrogens is 1. The first-order valence-corrected chi connectivity index (χ1v) is 7.12. The lowest BCUT2D eigenvalue weighted by Crippen LogP contribution is -1.87. The lowest BCUT2D eigenvalue weighted by Gasteiger charge is -1.95. The van der Waals surface area contributed by atoms with Gasteiger partial charge in [0.15, 0.2) is 0 Å². The van der Waals surface area contributed by atoms with Crippen molar-refractivity contribution in [1.82, 2.24) is 15.1 Å². The fraction of sp³-hybridized carbons (Fsp3) is 0.0833. The summed E-state index contributed by atoms with van der Waals surface area (Å²) in [7, 11) is 0. The van der Waals surface area contributed by atoms with Gasteiger partial charge in [-0.15, -0.1) is 11.3 Å². The van der Waals surface area contributed by atoms with Crippen LogP contribution in [0.5, 0.6) is 0 Å². The molecular formula is C12H8ClN3OS2. The fourth-order valence-electron chi connectivity index (χ4n) is 1.61. The Labute approximate surface area is 123 Å². The second kappa shape index (κ2) is 5.24. The van der Waals surface area contributed by atoms with E-state index in [9.17, 15) is 0 Å². The molecule has 0 aliphatic rings. The van der Waals surface area contributed by atoms with E-state index >= 15 is 0 Å². The molecule has 0 bridgehead atoms. The molecule has 0 atom stereocenters. The number of hydrogen-bond acceptors (Lipinski definition) is 5. The number of nitrogens with one attached hydrogen (secondary N) is 1. The fourth-order valence-corrected chi connectivity index (χ4v) is 2.68. The average Bonchev–Trinajstić information content (AvgIpc) is 3.00. The molecule has 0 amide bonds. The van der Waals surface area contributed by atoms with Crippen LogP contribution in [0.1, 0.15) is 10.9 Å². The van der Waals surface area contributed by atoms with E-state index in [0.717, 1.165) is 16.3 Å². The third-order valence-electron chi connectivity index (χ3n) is 2.48. The maximum atomic E-state index is 5.86. The van der Waals surface area contributed by atoms with Crippen molar-refractivity contribution in [3.63, 3.8) is 0 Å². The highest BCUT2D eigenvalue weighted by molar-refractivity contribution is 7.71. The third-order valence-corrected chi connectivity index (χ3v) is 3.75. The van der Waals surface area contributed by atoms with Gasteiger partial charge in [0.05, 0.1) is 12.1 Å². The van der Waals surface area contributed by atoms with E-state index in [1.54, 1.807) is 11.3 Å². The molecule has 0 radical (unpaired) electrons. The normalized spacial score (nSPS) is 10.8. The molecule has 2 heterocycles. The molecule has 4 nitrogen and oxygen atoms in total. The number of hydrogen-bond donors (Lipinski definition) is 1. The van der Waals surface area contributed by atoms with E-state index in [0.29, 0.717) is 22.1 Å². The van der Waals surface area contributed by atoms with Crippen molar-refractivity contribution in [3.8, 4) is 11.3 Å². The Kier molecular flexibility index (Phi) is 3.46. The number of rotatable bonds is 3. The maximum absolute atomic E-state index is 5.86. The molecular weight excluding hydrogens is 302 g/mol. The van der Waals surface area contributed by atoms with Crippen LogP contribution in [-0.4, -0.2) is 15.1 Å². The van der Waals surface area contributed by atoms with Gasteiger partial charge in [-0.25, -0.2) is 4.98 Å². The van der Waals surface area contributed by atoms with Crippen LogP contribution in [0, 0.1) is 4.77 Å². The molecule has 2 aromatic heterocycles. The molecule has 0 saturated carbocycles. The van der Waals surface area contributed by atoms with Crippen molar-refractivity contribution in [2.75, 3.05) is 0 Å². The van der Waals surface area contributed by atoms with Crippen LogP contribution in [0.25, 0.3) is 11.3 Å². The van der Waals surface area contributed by atoms with E-state index in [4.69, 9.17) is 28.3 Å². The second-order valence-electron chi connectivity index (χ2n) is 3.82. The molecule has 7 heteroatoms. The Balaban J connectivity index is 1.83. The Hall–Kier alpha value is -1.50. The first-order valence-electron chi connectivity index (χ1n) is 5.45. The second-order valence-corrected chi connectivity index (χ2v) is 5.59. The van der Waals surface area contributed by atoms with Gasteiger partial charge >= 0.3 is 0 Å². The monoisotopic (exact) mass is 309 g/mol. The standard InChI is InChI=1S/C12H8ClN3OS2/c13-8-3-1-7(2-4-8)9-6-19-11(14-9)5-10-15-12(18)16-17-10/h1-4,6H,5H2,(H,16,18). The lowest BCUT2D eigenvalue weighted by atomic mass is 10.2. The van der Waals surface area contributed by atoms with Crippen LogP contribution < -0.4 is 0 Å². The Morgan fingerprint density at radius 1 is 1.26 bits per heavy atom. The molecule has 19 heavy (non-hydrogen) atoms. The van der Waals surface area contributed by atoms with Gasteiger partial charge in [0.25, 0.3) is 0 Å². The molecule has 96 valence electrons. The van der Waals surface area contributed by atoms with Gasteiger partial charge in [0.2, 0.25) is 10.7 Å². The number of aromatic nitrogens is 3. The molecule has 1 aromatic carbocycles. The Morgan fingerprint density at radius 3 is 2.74 bits per heavy atom. The summed E-state index contributed by atoms with van der Waals surface area (Å²) in [6.07, 6.45) is 0.533. The number of nitrogens with zero attached hydrogens (tertiary/aromatic N) is 2. The summed E-state index contributed by atoms with van der Waals surface area (Å²) >= 11 is 12.3. The quantitative estimate of drug-likeness (QED) is 0.740. The van der Waals surface area contributed by atoms with E-state index in [2.05, 4.69) is 15.1 Å². The first-order chi connectivity index (χ1) is 9.20. The number of benzene rings is 1. The maximum Gasteiger partial charge on any atom is 0.231 e. The molecule has 0 fully saturated rings. The minimum atomic E-state index is 0.351. The molecule has 3 rings (SSSR count). The Bertz CT molecular complexity index is 745. The molecule has 0 aliphatic heterocycles. The van der Waals surface area contributed by atoms with E-state index in [-0.39, 0.29) is 0 Å². The van der Waals surface area contributed by atoms with Gasteiger partial charge in [-0.2, -0.15) is 10.1 Å². The first kappa shape index (κ1) is 12.5. The summed E-state index contributed by atoms with van der Waals surface area (Å²) in [5.74, 6) is 0.544. The highest BCUT2D eigenvalue weighted by Crippen LogP contribution is 2.24. The lowest BCUT2D eigenvalue weighted by molar-refractivity contribution is 0.382. The molecule has 0 saturated heterocycles. The SMILES string of the molecule is S=c1nc(Cc2nc(-c3ccc(Cl)cc3)cs2)o[nH]1. The minimum Gasteiger partial charge on any atom is -0.364 e. The van der Waals surface area contributed by atoms with Gasteiger partial charge in [-0.3, -0.25) is 0 Å². The van der Waals surface area contributed by atoms with Gasteiger partial charge in [0, 0.05) is 16.0 Å². The number of aromatic amines is 1. The van der Waals surface area contributed by atoms with Crippen molar-refractivity contribution in [3.05, 3.63) is 50.3 Å². The van der Waals surface area contributed by atoms with Gasteiger partial charge in [-0.1, -0.05) is 23.7 Å². The summed E-state index contributed by atoms with van der Waals surface area (Å²) in [6, 6.07) is 7.59. The summed E-state index contributed by atoms with van der Waals surface area (Å²) in [5, 5.41) is 6.17. The van der Waals surface area contributed by atoms with Crippen molar-refractivity contribution in [1.29, 1.82) is 0 Å². The molecule has 0 spiro atoms. The Morgan fingerprint density at radius 2 is 2.05 bits per heavy atom. The summed E-state index contributed by atoms with van der Waals surface area (Å²) in [4.78, 5) is 8.58. The number of thiazole rings is 1. The highest BCUT2D eigenvalue weighted by atomic mass is 35.5. The number of halogens is 1. The van der Waals surface area contributed by atoms with Gasteiger partial charge in [-0.05, 0) is 24.4 Å². The van der Waals surface area contributed by atoms with Crippen molar-refractivity contribution in [2.24, 2.45) is 0 Å². The predicted octanol–water partition coefficient (Wildman–Crippen LogP) is 4.10. The van der Waals surface area contributed by atoms with Gasteiger partial charge in [0.1, 0.15) is 5.01 Å². The van der Waals surface area contributed by atoms with Crippen LogP contribution in [-0.2, 0) is 6.42 Å². The van der Waals surface area contributed by atoms with Crippen LogP contribution in [0.15, 0.2) is 34.2 Å². The van der Waals surface area contributed by atoms with E-state index < -0.39 is 0 Å². The van der Waals surface area contributed by atoms with Crippen LogP contribution in [0.3, 0.4) is 0 Å². The average molecular weight is 310 g/mol. The van der Waals surface area contributed by atoms with Crippen molar-refractivity contribution >= 4 is 35.2 Å². The van der Waals surface area contributed by atoms with Gasteiger partial charge < -0.3 is 4.52 Å². The zero-order valence-corrected chi connectivity index (χ0v) is 12.0. The van der Waals surface area contributed by atoms with E-state index in [1.807, 2.05) is 29.6 Å². The highest BCUT2D eigenvalue weighted by Gasteiger charge is 2.08. The summed E-state index contributed by atoms with van der Waals surface area (Å²) < 4.78 is 5.46. The largest absolute Gasteiger partial charge is 0.364 e. The predicted molar refractivity (Wildman–Crippen MR) is 77.1 cm³/mol. The molecule has 0 unspecified atom stereocenters. The topological polar surface area (TPSA) is 54.7 Å². The summed E-state index contributed by atoms with van der Waals surface area (Å²) in [5.41, 5.74) is 1.96. The smallest absolute Gasteiger partial charge is 0.231 e. The van der Waals surface area contributed by atoms with Crippen molar-refractivity contribution in [2.45, 2.75) is 6.42 Å². The zero-order chi connectivity index (χ0) is 13.2. The zero-order valence-electron chi connectivity index (χ0n) is 9.59. The molecule has 3 aromatic rings. The molecule has 0 aliphatic carbocycles. The van der Waals surface area contributed by atoms with Crippen LogP contribution >= 0.6 is 35.2 Å². The van der Waals surface area contributed by atoms with Crippen LogP contribution in [0.2, 0.25) is 5.02 Å². The minimum absolute atomic E-state index is 0.351. The van der Waals surface area contributed by atoms with E-state index in [1.165, 1.54) is 0 Å². The third kappa shape index (κ3) is 2.91. The molecule has 1 N–H and O–H groups in total. The van der Waals surface area contributed by atoms with Crippen molar-refractivity contribution < 1.29 is 4.52 Å². The summed E-state index contributed by atoms with van der Waals surface area (Å²) in [6.45, 7) is 0. The van der Waals surface area contributed by atoms with Crippen LogP contribution in [0.4, 0.5) is 0 Å².